The predicted molar refractivity (Wildman–Crippen MR) is 212 cm³/mol. The van der Waals surface area contributed by atoms with Crippen molar-refractivity contribution < 1.29 is 15.0 Å². The molecule has 0 saturated carbocycles. The second kappa shape index (κ2) is 40.0. The van der Waals surface area contributed by atoms with Crippen LogP contribution in [0.15, 0.2) is 36.5 Å². The van der Waals surface area contributed by atoms with E-state index in [0.29, 0.717) is 6.42 Å². The minimum Gasteiger partial charge on any atom is -0.394 e. The normalized spacial score (nSPS) is 13.3. The van der Waals surface area contributed by atoms with Crippen molar-refractivity contribution in [2.24, 2.45) is 0 Å². The van der Waals surface area contributed by atoms with Crippen LogP contribution < -0.4 is 5.32 Å². The van der Waals surface area contributed by atoms with Gasteiger partial charge in [0.25, 0.3) is 0 Å². The van der Waals surface area contributed by atoms with Crippen molar-refractivity contribution in [3.8, 4) is 0 Å². The zero-order chi connectivity index (χ0) is 35.0. The average molecular weight is 674 g/mol. The van der Waals surface area contributed by atoms with Gasteiger partial charge in [-0.05, 0) is 51.4 Å². The van der Waals surface area contributed by atoms with Crippen molar-refractivity contribution in [2.45, 2.75) is 231 Å². The molecular formula is C44H83NO3. The molecule has 48 heavy (non-hydrogen) atoms. The van der Waals surface area contributed by atoms with Gasteiger partial charge in [-0.1, -0.05) is 198 Å². The summed E-state index contributed by atoms with van der Waals surface area (Å²) in [6.45, 7) is 4.29. The van der Waals surface area contributed by atoms with Crippen molar-refractivity contribution in [1.82, 2.24) is 5.32 Å². The minimum atomic E-state index is -0.844. The molecule has 282 valence electrons. The highest BCUT2D eigenvalue weighted by Crippen LogP contribution is 2.15. The van der Waals surface area contributed by atoms with Gasteiger partial charge in [-0.3, -0.25) is 4.79 Å². The number of hydrogen-bond acceptors (Lipinski definition) is 3. The number of unbranched alkanes of at least 4 members (excludes halogenated alkanes) is 27. The van der Waals surface area contributed by atoms with Crippen molar-refractivity contribution in [3.63, 3.8) is 0 Å². The van der Waals surface area contributed by atoms with E-state index >= 15 is 0 Å². The highest BCUT2D eigenvalue weighted by atomic mass is 16.3. The van der Waals surface area contributed by atoms with Crippen LogP contribution >= 0.6 is 0 Å². The van der Waals surface area contributed by atoms with Crippen molar-refractivity contribution in [1.29, 1.82) is 0 Å². The van der Waals surface area contributed by atoms with Crippen LogP contribution in [-0.2, 0) is 4.79 Å². The maximum Gasteiger partial charge on any atom is 0.220 e. The lowest BCUT2D eigenvalue weighted by Gasteiger charge is -2.20. The molecule has 4 heteroatoms. The molecule has 1 amide bonds. The third kappa shape index (κ3) is 35.9. The average Bonchev–Trinajstić information content (AvgIpc) is 3.09. The lowest BCUT2D eigenvalue weighted by molar-refractivity contribution is -0.123. The van der Waals surface area contributed by atoms with Gasteiger partial charge in [0.15, 0.2) is 0 Å². The summed E-state index contributed by atoms with van der Waals surface area (Å²) in [7, 11) is 0. The number of aliphatic hydroxyl groups is 2. The molecule has 0 bridgehead atoms. The molecule has 0 radical (unpaired) electrons. The lowest BCUT2D eigenvalue weighted by Crippen LogP contribution is -2.45. The molecule has 2 atom stereocenters. The van der Waals surface area contributed by atoms with E-state index in [4.69, 9.17) is 0 Å². The summed E-state index contributed by atoms with van der Waals surface area (Å²) in [6.07, 6.45) is 52.4. The molecule has 0 aliphatic heterocycles. The standard InChI is InChI=1S/C44H83NO3/c1-3-5-7-9-11-13-15-17-19-21-22-23-24-25-27-29-31-33-35-37-39-43(47)42(41-46)45-44(48)40-38-36-34-32-30-28-26-20-18-16-14-12-10-8-6-4-2/h14,16,20,26,37,39,42-43,46-47H,3-13,15,17-19,21-25,27-36,38,40-41H2,1-2H3,(H,45,48)/b16-14-,26-20-,39-37+. The Labute approximate surface area is 300 Å². The largest absolute Gasteiger partial charge is 0.394 e. The summed E-state index contributed by atoms with van der Waals surface area (Å²) in [5.74, 6) is -0.0775. The molecular weight excluding hydrogens is 590 g/mol. The maximum atomic E-state index is 12.4. The Morgan fingerprint density at radius 2 is 0.854 bits per heavy atom. The second-order valence-electron chi connectivity index (χ2n) is 14.4. The van der Waals surface area contributed by atoms with Gasteiger partial charge in [-0.15, -0.1) is 0 Å². The Kier molecular flexibility index (Phi) is 38.9. The van der Waals surface area contributed by atoms with Crippen molar-refractivity contribution in [3.05, 3.63) is 36.5 Å². The summed E-state index contributed by atoms with van der Waals surface area (Å²) >= 11 is 0. The molecule has 0 fully saturated rings. The summed E-state index contributed by atoms with van der Waals surface area (Å²) < 4.78 is 0. The van der Waals surface area contributed by atoms with Crippen LogP contribution in [0.4, 0.5) is 0 Å². The third-order valence-electron chi connectivity index (χ3n) is 9.62. The van der Waals surface area contributed by atoms with Crippen LogP contribution in [0.3, 0.4) is 0 Å². The SMILES string of the molecule is CCCCCC/C=C\C/C=C\CCCCCCCC(=O)NC(CO)C(O)/C=C/CCCCCCCCCCCCCCCCCCCC. The van der Waals surface area contributed by atoms with Crippen LogP contribution in [0.25, 0.3) is 0 Å². The van der Waals surface area contributed by atoms with Gasteiger partial charge in [0.05, 0.1) is 18.8 Å². The van der Waals surface area contributed by atoms with Gasteiger partial charge in [0, 0.05) is 6.42 Å². The Balaban J connectivity index is 3.60. The number of amides is 1. The van der Waals surface area contributed by atoms with Gasteiger partial charge in [-0.25, -0.2) is 0 Å². The number of hydrogen-bond donors (Lipinski definition) is 3. The number of rotatable bonds is 38. The molecule has 0 saturated heterocycles. The smallest absolute Gasteiger partial charge is 0.220 e. The zero-order valence-electron chi connectivity index (χ0n) is 32.3. The molecule has 0 aliphatic carbocycles. The number of carbonyl (C=O) groups excluding carboxylic acids is 1. The van der Waals surface area contributed by atoms with E-state index in [0.717, 1.165) is 44.9 Å². The van der Waals surface area contributed by atoms with Crippen LogP contribution in [0.5, 0.6) is 0 Å². The Hall–Kier alpha value is -1.39. The fourth-order valence-corrected chi connectivity index (χ4v) is 6.33. The molecule has 0 rings (SSSR count). The fraction of sp³-hybridized carbons (Fsp3) is 0.841. The fourth-order valence-electron chi connectivity index (χ4n) is 6.33. The van der Waals surface area contributed by atoms with E-state index < -0.39 is 12.1 Å². The van der Waals surface area contributed by atoms with Gasteiger partial charge in [-0.2, -0.15) is 0 Å². The molecule has 2 unspecified atom stereocenters. The van der Waals surface area contributed by atoms with Gasteiger partial charge in [0.1, 0.15) is 0 Å². The Bertz CT molecular complexity index is 731. The van der Waals surface area contributed by atoms with E-state index in [2.05, 4.69) is 43.5 Å². The molecule has 0 aromatic carbocycles. The molecule has 0 aromatic heterocycles. The topological polar surface area (TPSA) is 69.6 Å². The monoisotopic (exact) mass is 674 g/mol. The summed E-state index contributed by atoms with van der Waals surface area (Å²) in [5.41, 5.74) is 0. The quantitative estimate of drug-likeness (QED) is 0.0451. The highest BCUT2D eigenvalue weighted by Gasteiger charge is 2.17. The number of nitrogens with one attached hydrogen (secondary N) is 1. The van der Waals surface area contributed by atoms with E-state index in [1.54, 1.807) is 6.08 Å². The minimum absolute atomic E-state index is 0.0775. The van der Waals surface area contributed by atoms with Crippen LogP contribution in [-0.4, -0.2) is 34.9 Å². The van der Waals surface area contributed by atoms with Crippen molar-refractivity contribution in [2.75, 3.05) is 6.61 Å². The number of allylic oxidation sites excluding steroid dienone is 5. The second-order valence-corrected chi connectivity index (χ2v) is 14.4. The first-order valence-corrected chi connectivity index (χ1v) is 21.2. The van der Waals surface area contributed by atoms with Gasteiger partial charge >= 0.3 is 0 Å². The van der Waals surface area contributed by atoms with Crippen LogP contribution in [0.2, 0.25) is 0 Å². The van der Waals surface area contributed by atoms with E-state index in [-0.39, 0.29) is 12.5 Å². The molecule has 0 heterocycles. The van der Waals surface area contributed by atoms with Crippen LogP contribution in [0.1, 0.15) is 219 Å². The number of carbonyl (C=O) groups is 1. The van der Waals surface area contributed by atoms with E-state index in [9.17, 15) is 15.0 Å². The Morgan fingerprint density at radius 3 is 1.27 bits per heavy atom. The Morgan fingerprint density at radius 1 is 0.500 bits per heavy atom. The van der Waals surface area contributed by atoms with Gasteiger partial charge in [0.2, 0.25) is 5.91 Å². The van der Waals surface area contributed by atoms with Crippen LogP contribution in [0, 0.1) is 0 Å². The zero-order valence-corrected chi connectivity index (χ0v) is 32.3. The highest BCUT2D eigenvalue weighted by molar-refractivity contribution is 5.76. The molecule has 0 aliphatic rings. The molecule has 4 nitrogen and oxygen atoms in total. The lowest BCUT2D eigenvalue weighted by atomic mass is 10.0. The molecule has 0 aromatic rings. The molecule has 3 N–H and O–H groups in total. The summed E-state index contributed by atoms with van der Waals surface area (Å²) in [5, 5.41) is 23.0. The van der Waals surface area contributed by atoms with Gasteiger partial charge < -0.3 is 15.5 Å². The first kappa shape index (κ1) is 46.6. The summed E-state index contributed by atoms with van der Waals surface area (Å²) in [4.78, 5) is 12.4. The summed E-state index contributed by atoms with van der Waals surface area (Å²) in [6, 6.07) is -0.628. The predicted octanol–water partition coefficient (Wildman–Crippen LogP) is 13.0. The first-order valence-electron chi connectivity index (χ1n) is 21.2. The number of aliphatic hydroxyl groups excluding tert-OH is 2. The maximum absolute atomic E-state index is 12.4. The van der Waals surface area contributed by atoms with Crippen molar-refractivity contribution >= 4 is 5.91 Å². The molecule has 0 spiro atoms. The van der Waals surface area contributed by atoms with E-state index in [1.165, 1.54) is 154 Å². The first-order chi connectivity index (χ1) is 23.7. The third-order valence-corrected chi connectivity index (χ3v) is 9.62. The van der Waals surface area contributed by atoms with E-state index in [1.807, 2.05) is 6.08 Å².